The number of ether oxygens (including phenoxy) is 2. The van der Waals surface area contributed by atoms with Gasteiger partial charge in [-0.3, -0.25) is 0 Å². The van der Waals surface area contributed by atoms with Gasteiger partial charge in [-0.2, -0.15) is 4.98 Å². The average molecular weight is 493 g/mol. The van der Waals surface area contributed by atoms with Crippen molar-refractivity contribution in [2.75, 3.05) is 17.7 Å². The number of aryl methyl sites for hydroxylation is 1. The summed E-state index contributed by atoms with van der Waals surface area (Å²) in [7, 11) is 0. The minimum atomic E-state index is -0.520. The molecule has 1 atom stereocenters. The zero-order valence-electron chi connectivity index (χ0n) is 20.7. The van der Waals surface area contributed by atoms with Crippen LogP contribution in [-0.4, -0.2) is 33.1 Å². The van der Waals surface area contributed by atoms with Gasteiger partial charge in [0, 0.05) is 11.3 Å². The van der Waals surface area contributed by atoms with Crippen LogP contribution in [0.1, 0.15) is 56.3 Å². The largest absolute Gasteiger partial charge is 0.489 e. The number of esters is 1. The lowest BCUT2D eigenvalue weighted by molar-refractivity contribution is -0.139. The van der Waals surface area contributed by atoms with Crippen LogP contribution in [0.2, 0.25) is 0 Å². The summed E-state index contributed by atoms with van der Waals surface area (Å²) < 4.78 is 13.7. The van der Waals surface area contributed by atoms with Gasteiger partial charge in [-0.1, -0.05) is 80.1 Å². The highest BCUT2D eigenvalue weighted by Gasteiger charge is 2.36. The van der Waals surface area contributed by atoms with Crippen LogP contribution >= 0.6 is 11.8 Å². The molecule has 8 heteroatoms. The van der Waals surface area contributed by atoms with Gasteiger partial charge in [-0.05, 0) is 37.7 Å². The van der Waals surface area contributed by atoms with E-state index in [0.29, 0.717) is 41.3 Å². The molecule has 0 amide bonds. The Morgan fingerprint density at radius 3 is 2.63 bits per heavy atom. The van der Waals surface area contributed by atoms with Crippen LogP contribution in [0.5, 0.6) is 5.75 Å². The van der Waals surface area contributed by atoms with Crippen LogP contribution in [0.4, 0.5) is 5.95 Å². The van der Waals surface area contributed by atoms with Crippen LogP contribution < -0.4 is 10.1 Å². The van der Waals surface area contributed by atoms with Crippen molar-refractivity contribution in [2.24, 2.45) is 0 Å². The molecular formula is C27H32N4O3S. The molecule has 0 saturated carbocycles. The molecule has 0 saturated heterocycles. The van der Waals surface area contributed by atoms with Crippen molar-refractivity contribution in [1.82, 2.24) is 14.8 Å². The Balaban J connectivity index is 1.72. The van der Waals surface area contributed by atoms with E-state index in [4.69, 9.17) is 14.6 Å². The number of nitrogens with zero attached hydrogens (tertiary/aromatic N) is 3. The van der Waals surface area contributed by atoms with Crippen LogP contribution in [0.15, 0.2) is 65.0 Å². The zero-order valence-corrected chi connectivity index (χ0v) is 21.5. The Kier molecular flexibility index (Phi) is 8.13. The summed E-state index contributed by atoms with van der Waals surface area (Å²) in [5.74, 6) is 1.79. The first-order valence-electron chi connectivity index (χ1n) is 12.0. The van der Waals surface area contributed by atoms with Crippen LogP contribution in [0.3, 0.4) is 0 Å². The van der Waals surface area contributed by atoms with Gasteiger partial charge < -0.3 is 14.8 Å². The van der Waals surface area contributed by atoms with E-state index in [0.717, 1.165) is 29.7 Å². The molecule has 2 heterocycles. The van der Waals surface area contributed by atoms with Gasteiger partial charge in [0.2, 0.25) is 11.1 Å². The van der Waals surface area contributed by atoms with Crippen molar-refractivity contribution in [2.45, 2.75) is 58.3 Å². The summed E-state index contributed by atoms with van der Waals surface area (Å²) in [5.41, 5.74) is 4.33. The lowest BCUT2D eigenvalue weighted by Gasteiger charge is -2.29. The topological polar surface area (TPSA) is 78.3 Å². The van der Waals surface area contributed by atoms with Gasteiger partial charge in [-0.25, -0.2) is 9.48 Å². The van der Waals surface area contributed by atoms with Crippen LogP contribution in [0.25, 0.3) is 0 Å². The highest BCUT2D eigenvalue weighted by atomic mass is 32.2. The van der Waals surface area contributed by atoms with Crippen molar-refractivity contribution in [3.63, 3.8) is 0 Å². The zero-order chi connectivity index (χ0) is 24.8. The first-order chi connectivity index (χ1) is 17.0. The molecule has 1 aliphatic rings. The molecule has 3 aromatic rings. The van der Waals surface area contributed by atoms with E-state index in [1.54, 1.807) is 16.4 Å². The summed E-state index contributed by atoms with van der Waals surface area (Å²) >= 11 is 1.56. The van der Waals surface area contributed by atoms with E-state index in [1.807, 2.05) is 31.2 Å². The van der Waals surface area contributed by atoms with Gasteiger partial charge in [0.25, 0.3) is 0 Å². The summed E-state index contributed by atoms with van der Waals surface area (Å²) in [5, 5.41) is 8.65. The number of thioether (sulfide) groups is 1. The van der Waals surface area contributed by atoms with E-state index >= 15 is 0 Å². The lowest BCUT2D eigenvalue weighted by Crippen LogP contribution is -2.30. The van der Waals surface area contributed by atoms with E-state index in [2.05, 4.69) is 55.3 Å². The maximum Gasteiger partial charge on any atom is 0.338 e. The van der Waals surface area contributed by atoms with Crippen molar-refractivity contribution >= 4 is 23.7 Å². The van der Waals surface area contributed by atoms with Crippen molar-refractivity contribution in [3.8, 4) is 5.75 Å². The number of allylic oxidation sites excluding steroid dienone is 1. The molecule has 1 unspecified atom stereocenters. The third-order valence-electron chi connectivity index (χ3n) is 5.79. The van der Waals surface area contributed by atoms with Gasteiger partial charge in [0.1, 0.15) is 18.4 Å². The Bertz CT molecular complexity index is 1200. The number of fused-ring (bicyclic) bond motifs is 1. The standard InChI is InChI=1S/C27H32N4O3S/c1-5-7-16-33-25(32)23-19(4)28-26-29-27(35-6-2)30-31(26)24(23)21-10-8-9-11-22(21)34-17-20-14-12-18(3)13-15-20/h8-15,24H,5-7,16-17H2,1-4H3,(H,28,29,30). The monoisotopic (exact) mass is 492 g/mol. The molecule has 0 aliphatic carbocycles. The van der Waals surface area contributed by atoms with Crippen molar-refractivity contribution < 1.29 is 14.3 Å². The normalized spacial score (nSPS) is 14.9. The predicted molar refractivity (Wildman–Crippen MR) is 139 cm³/mol. The Hall–Kier alpha value is -3.26. The fourth-order valence-electron chi connectivity index (χ4n) is 3.94. The highest BCUT2D eigenvalue weighted by Crippen LogP contribution is 2.40. The van der Waals surface area contributed by atoms with Crippen LogP contribution in [-0.2, 0) is 16.1 Å². The molecule has 0 bridgehead atoms. The van der Waals surface area contributed by atoms with E-state index < -0.39 is 6.04 Å². The molecule has 0 fully saturated rings. The molecule has 2 aromatic carbocycles. The minimum absolute atomic E-state index is 0.354. The van der Waals surface area contributed by atoms with Crippen molar-refractivity contribution in [1.29, 1.82) is 0 Å². The predicted octanol–water partition coefficient (Wildman–Crippen LogP) is 5.91. The number of anilines is 1. The number of hydrogen-bond acceptors (Lipinski definition) is 7. The van der Waals surface area contributed by atoms with E-state index in [-0.39, 0.29) is 5.97 Å². The number of carbonyl (C=O) groups excluding carboxylic acids is 1. The van der Waals surface area contributed by atoms with E-state index in [9.17, 15) is 4.79 Å². The second-order valence-electron chi connectivity index (χ2n) is 8.46. The fourth-order valence-corrected chi connectivity index (χ4v) is 4.50. The van der Waals surface area contributed by atoms with E-state index in [1.165, 1.54) is 5.56 Å². The molecular weight excluding hydrogens is 460 g/mol. The van der Waals surface area contributed by atoms with Gasteiger partial charge in [0.05, 0.1) is 12.2 Å². The molecule has 1 aromatic heterocycles. The van der Waals surface area contributed by atoms with Crippen molar-refractivity contribution in [3.05, 3.63) is 76.5 Å². The third kappa shape index (κ3) is 5.70. The fraction of sp³-hybridized carbons (Fsp3) is 0.370. The minimum Gasteiger partial charge on any atom is -0.489 e. The van der Waals surface area contributed by atoms with Gasteiger partial charge >= 0.3 is 5.97 Å². The maximum absolute atomic E-state index is 13.3. The molecule has 7 nitrogen and oxygen atoms in total. The number of carbonyl (C=O) groups is 1. The Labute approximate surface area is 210 Å². The second kappa shape index (κ2) is 11.4. The quantitative estimate of drug-likeness (QED) is 0.214. The smallest absolute Gasteiger partial charge is 0.338 e. The maximum atomic E-state index is 13.3. The number of benzene rings is 2. The van der Waals surface area contributed by atoms with Gasteiger partial charge in [0.15, 0.2) is 0 Å². The molecule has 0 radical (unpaired) electrons. The number of rotatable bonds is 10. The lowest BCUT2D eigenvalue weighted by atomic mass is 9.95. The third-order valence-corrected chi connectivity index (χ3v) is 6.51. The van der Waals surface area contributed by atoms with Crippen LogP contribution in [0, 0.1) is 6.92 Å². The number of hydrogen-bond donors (Lipinski definition) is 1. The second-order valence-corrected chi connectivity index (χ2v) is 9.69. The Morgan fingerprint density at radius 1 is 1.11 bits per heavy atom. The summed E-state index contributed by atoms with van der Waals surface area (Å²) in [6.07, 6.45) is 1.77. The summed E-state index contributed by atoms with van der Waals surface area (Å²) in [4.78, 5) is 17.9. The number of para-hydroxylation sites is 1. The summed E-state index contributed by atoms with van der Waals surface area (Å²) in [6.45, 7) is 8.87. The average Bonchev–Trinajstić information content (AvgIpc) is 3.25. The molecule has 1 N–H and O–H groups in total. The summed E-state index contributed by atoms with van der Waals surface area (Å²) in [6, 6.07) is 15.5. The Morgan fingerprint density at radius 2 is 1.89 bits per heavy atom. The molecule has 1 aliphatic heterocycles. The number of nitrogens with one attached hydrogen (secondary N) is 1. The number of unbranched alkanes of at least 4 members (excludes halogenated alkanes) is 1. The van der Waals surface area contributed by atoms with Gasteiger partial charge in [-0.15, -0.1) is 5.10 Å². The SMILES string of the molecule is CCCCOC(=O)C1=C(C)Nc2nc(SCC)nn2C1c1ccccc1OCc1ccc(C)cc1. The highest BCUT2D eigenvalue weighted by molar-refractivity contribution is 7.99. The molecule has 35 heavy (non-hydrogen) atoms. The molecule has 184 valence electrons. The molecule has 0 spiro atoms. The first-order valence-corrected chi connectivity index (χ1v) is 13.0. The molecule has 4 rings (SSSR count). The first kappa shape index (κ1) is 24.9. The number of aromatic nitrogens is 3.